The molecule has 0 saturated carbocycles. The lowest BCUT2D eigenvalue weighted by Crippen LogP contribution is -2.27. The quantitative estimate of drug-likeness (QED) is 0.443. The van der Waals surface area contributed by atoms with Crippen LogP contribution in [0.5, 0.6) is 0 Å². The Kier molecular flexibility index (Phi) is 9.07. The first-order valence-corrected chi connectivity index (χ1v) is 3.20. The van der Waals surface area contributed by atoms with Gasteiger partial charge < -0.3 is 15.3 Å². The smallest absolute Gasteiger partial charge is 0.317 e. The number of hydrogen-bond acceptors (Lipinski definition) is 4. The lowest BCUT2D eigenvalue weighted by atomic mass is 10.6. The largest absolute Gasteiger partial charge is 0.481 e. The van der Waals surface area contributed by atoms with Gasteiger partial charge in [-0.05, 0) is 0 Å². The molecule has 7 heteroatoms. The van der Waals surface area contributed by atoms with Gasteiger partial charge in [-0.25, -0.2) is 0 Å². The number of rotatable bonds is 4. The predicted molar refractivity (Wildman–Crippen MR) is 41.5 cm³/mol. The Morgan fingerprint density at radius 3 is 1.38 bits per heavy atom. The van der Waals surface area contributed by atoms with Crippen molar-refractivity contribution in [2.24, 2.45) is 0 Å². The summed E-state index contributed by atoms with van der Waals surface area (Å²) in [6.07, 6.45) is 0. The highest BCUT2D eigenvalue weighted by Crippen LogP contribution is 1.61. The molecular weight excluding hydrogens is 182 g/mol. The molecule has 0 amide bonds. The molecule has 0 saturated heterocycles. The fourth-order valence-electron chi connectivity index (χ4n) is 0.276. The van der Waals surface area contributed by atoms with Crippen molar-refractivity contribution < 1.29 is 29.7 Å². The zero-order valence-electron chi connectivity index (χ0n) is 6.98. The van der Waals surface area contributed by atoms with Crippen LogP contribution < -0.4 is 5.32 Å². The highest BCUT2D eigenvalue weighted by molar-refractivity contribution is 5.72. The van der Waals surface area contributed by atoms with Crippen molar-refractivity contribution in [1.82, 2.24) is 5.32 Å². The summed E-state index contributed by atoms with van der Waals surface area (Å²) in [5.41, 5.74) is 0. The van der Waals surface area contributed by atoms with Crippen molar-refractivity contribution in [2.75, 3.05) is 13.1 Å². The Bertz CT molecular complexity index is 172. The van der Waals surface area contributed by atoms with Gasteiger partial charge in [-0.3, -0.25) is 19.7 Å². The van der Waals surface area contributed by atoms with Crippen molar-refractivity contribution in [2.45, 2.75) is 6.92 Å². The lowest BCUT2D eigenvalue weighted by molar-refractivity contribution is -0.137. The van der Waals surface area contributed by atoms with Gasteiger partial charge in [-0.15, -0.1) is 0 Å². The van der Waals surface area contributed by atoms with Gasteiger partial charge in [0.2, 0.25) is 0 Å². The fraction of sp³-hybridized carbons (Fsp3) is 0.500. The maximum absolute atomic E-state index is 9.73. The molecule has 0 aromatic rings. The van der Waals surface area contributed by atoms with Gasteiger partial charge in [0.25, 0.3) is 5.97 Å². The van der Waals surface area contributed by atoms with Crippen LogP contribution in [0.3, 0.4) is 0 Å². The van der Waals surface area contributed by atoms with Crippen molar-refractivity contribution in [3.8, 4) is 0 Å². The minimum absolute atomic E-state index is 0.313. The number of aliphatic carboxylic acids is 3. The Morgan fingerprint density at radius 2 is 1.23 bits per heavy atom. The van der Waals surface area contributed by atoms with Crippen LogP contribution in [0.1, 0.15) is 6.92 Å². The molecule has 4 N–H and O–H groups in total. The van der Waals surface area contributed by atoms with E-state index in [4.69, 9.17) is 20.1 Å². The van der Waals surface area contributed by atoms with Crippen LogP contribution >= 0.6 is 0 Å². The van der Waals surface area contributed by atoms with Gasteiger partial charge in [0.1, 0.15) is 0 Å². The first kappa shape index (κ1) is 13.9. The third kappa shape index (κ3) is 38.0. The van der Waals surface area contributed by atoms with Gasteiger partial charge in [0.05, 0.1) is 13.1 Å². The van der Waals surface area contributed by atoms with E-state index in [0.717, 1.165) is 6.92 Å². The molecule has 13 heavy (non-hydrogen) atoms. The third-order valence-corrected chi connectivity index (χ3v) is 0.552. The van der Waals surface area contributed by atoms with Gasteiger partial charge >= 0.3 is 11.9 Å². The van der Waals surface area contributed by atoms with Crippen molar-refractivity contribution >= 4 is 17.9 Å². The molecule has 7 nitrogen and oxygen atoms in total. The Balaban J connectivity index is 0. The van der Waals surface area contributed by atoms with Crippen molar-refractivity contribution in [3.63, 3.8) is 0 Å². The summed E-state index contributed by atoms with van der Waals surface area (Å²) in [6, 6.07) is 0. The van der Waals surface area contributed by atoms with Crippen molar-refractivity contribution in [3.05, 3.63) is 0 Å². The minimum Gasteiger partial charge on any atom is -0.481 e. The first-order valence-electron chi connectivity index (χ1n) is 3.20. The highest BCUT2D eigenvalue weighted by Gasteiger charge is 1.97. The predicted octanol–water partition coefficient (Wildman–Crippen LogP) is -1.16. The zero-order valence-corrected chi connectivity index (χ0v) is 6.98. The molecule has 76 valence electrons. The second kappa shape index (κ2) is 8.47. The summed E-state index contributed by atoms with van der Waals surface area (Å²) < 4.78 is 0. The molecule has 0 aliphatic heterocycles. The number of carboxylic acid groups (broad SMARTS) is 3. The van der Waals surface area contributed by atoms with Gasteiger partial charge in [-0.2, -0.15) is 0 Å². The van der Waals surface area contributed by atoms with Gasteiger partial charge in [-0.1, -0.05) is 0 Å². The zero-order chi connectivity index (χ0) is 10.9. The van der Waals surface area contributed by atoms with E-state index in [1.807, 2.05) is 0 Å². The summed E-state index contributed by atoms with van der Waals surface area (Å²) >= 11 is 0. The standard InChI is InChI=1S/C4H7NO4.C2H4O2/c6-3(7)1-5-2-4(8)9;1-2(3)4/h5H,1-2H2,(H,6,7)(H,8,9);1H3,(H,3,4). The number of carbonyl (C=O) groups is 3. The van der Waals surface area contributed by atoms with E-state index in [2.05, 4.69) is 5.32 Å². The normalized spacial score (nSPS) is 8.08. The Labute approximate surface area is 74.0 Å². The molecule has 0 unspecified atom stereocenters. The van der Waals surface area contributed by atoms with Crippen LogP contribution in [-0.4, -0.2) is 46.3 Å². The summed E-state index contributed by atoms with van der Waals surface area (Å²) in [7, 11) is 0. The van der Waals surface area contributed by atoms with Gasteiger partial charge in [0, 0.05) is 6.92 Å². The highest BCUT2D eigenvalue weighted by atomic mass is 16.4. The van der Waals surface area contributed by atoms with E-state index in [1.54, 1.807) is 0 Å². The van der Waals surface area contributed by atoms with Gasteiger partial charge in [0.15, 0.2) is 0 Å². The monoisotopic (exact) mass is 193 g/mol. The topological polar surface area (TPSA) is 124 Å². The molecule has 0 aromatic carbocycles. The van der Waals surface area contributed by atoms with Crippen LogP contribution in [0.15, 0.2) is 0 Å². The molecule has 0 rings (SSSR count). The molecule has 0 radical (unpaired) electrons. The number of nitrogens with one attached hydrogen (secondary N) is 1. The summed E-state index contributed by atoms with van der Waals surface area (Å²) in [6.45, 7) is 0.457. The van der Waals surface area contributed by atoms with Crippen LogP contribution in [0.25, 0.3) is 0 Å². The molecule has 0 spiro atoms. The van der Waals surface area contributed by atoms with Crippen LogP contribution in [0.2, 0.25) is 0 Å². The Morgan fingerprint density at radius 1 is 1.00 bits per heavy atom. The minimum atomic E-state index is -1.06. The summed E-state index contributed by atoms with van der Waals surface area (Å²) in [4.78, 5) is 28.5. The van der Waals surface area contributed by atoms with Crippen LogP contribution in [0, 0.1) is 0 Å². The molecule has 0 aliphatic carbocycles. The molecule has 0 bridgehead atoms. The van der Waals surface area contributed by atoms with E-state index >= 15 is 0 Å². The fourth-order valence-corrected chi connectivity index (χ4v) is 0.276. The van der Waals surface area contributed by atoms with Crippen molar-refractivity contribution in [1.29, 1.82) is 0 Å². The second-order valence-electron chi connectivity index (χ2n) is 1.91. The molecule has 0 aliphatic rings. The SMILES string of the molecule is CC(=O)O.O=C(O)CNCC(=O)O. The molecule has 0 atom stereocenters. The van der Waals surface area contributed by atoms with E-state index in [9.17, 15) is 9.59 Å². The first-order chi connectivity index (χ1) is 5.86. The second-order valence-corrected chi connectivity index (χ2v) is 1.91. The molecule has 0 fully saturated rings. The number of hydrogen-bond donors (Lipinski definition) is 4. The summed E-state index contributed by atoms with van der Waals surface area (Å²) in [5, 5.41) is 25.5. The van der Waals surface area contributed by atoms with Crippen LogP contribution in [0.4, 0.5) is 0 Å². The van der Waals surface area contributed by atoms with Crippen LogP contribution in [-0.2, 0) is 14.4 Å². The van der Waals surface area contributed by atoms with E-state index in [0.29, 0.717) is 0 Å². The molecule has 0 aromatic heterocycles. The maximum Gasteiger partial charge on any atom is 0.317 e. The summed E-state index contributed by atoms with van der Waals surface area (Å²) in [5.74, 6) is -2.95. The van der Waals surface area contributed by atoms with E-state index < -0.39 is 17.9 Å². The lowest BCUT2D eigenvalue weighted by Gasteiger charge is -1.93. The van der Waals surface area contributed by atoms with E-state index in [-0.39, 0.29) is 13.1 Å². The average molecular weight is 193 g/mol. The maximum atomic E-state index is 9.73. The number of carboxylic acids is 3. The Hall–Kier alpha value is -1.63. The average Bonchev–Trinajstić information content (AvgIpc) is 1.83. The molecule has 0 heterocycles. The molecular formula is C6H11NO6. The van der Waals surface area contributed by atoms with E-state index in [1.165, 1.54) is 0 Å². The third-order valence-electron chi connectivity index (χ3n) is 0.552.